The van der Waals surface area contributed by atoms with Crippen LogP contribution < -0.4 is 4.90 Å². The van der Waals surface area contributed by atoms with Crippen LogP contribution in [0.15, 0.2) is 91.0 Å². The van der Waals surface area contributed by atoms with Crippen molar-refractivity contribution in [1.82, 2.24) is 9.80 Å². The van der Waals surface area contributed by atoms with Gasteiger partial charge in [-0.2, -0.15) is 0 Å². The number of amides is 2. The molecule has 1 atom stereocenters. The molecule has 5 rings (SSSR count). The molecule has 1 spiro atoms. The van der Waals surface area contributed by atoms with Gasteiger partial charge in [-0.15, -0.1) is 0 Å². The van der Waals surface area contributed by atoms with Gasteiger partial charge in [0, 0.05) is 37.4 Å². The van der Waals surface area contributed by atoms with Gasteiger partial charge in [0.1, 0.15) is 5.60 Å². The Bertz CT molecular complexity index is 1070. The van der Waals surface area contributed by atoms with Crippen molar-refractivity contribution in [2.45, 2.75) is 18.6 Å². The van der Waals surface area contributed by atoms with E-state index in [0.29, 0.717) is 19.6 Å². The zero-order valence-electron chi connectivity index (χ0n) is 18.5. The molecule has 3 aromatic carbocycles. The number of rotatable bonds is 6. The Morgan fingerprint density at radius 1 is 0.848 bits per heavy atom. The van der Waals surface area contributed by atoms with Gasteiger partial charge in [-0.05, 0) is 29.8 Å². The smallest absolute Gasteiger partial charge is 0.410 e. The average Bonchev–Trinajstić information content (AvgIpc) is 3.36. The second kappa shape index (κ2) is 9.08. The minimum atomic E-state index is -0.545. The van der Waals surface area contributed by atoms with Crippen LogP contribution in [0.5, 0.6) is 0 Å². The van der Waals surface area contributed by atoms with Crippen molar-refractivity contribution in [3.8, 4) is 0 Å². The summed E-state index contributed by atoms with van der Waals surface area (Å²) >= 11 is 0. The van der Waals surface area contributed by atoms with Crippen LogP contribution in [0.25, 0.3) is 0 Å². The van der Waals surface area contributed by atoms with Crippen LogP contribution in [-0.2, 0) is 16.1 Å². The molecule has 2 aliphatic rings. The van der Waals surface area contributed by atoms with Crippen molar-refractivity contribution in [2.24, 2.45) is 0 Å². The molecule has 6 nitrogen and oxygen atoms in total. The fourth-order valence-corrected chi connectivity index (χ4v) is 4.75. The number of para-hydroxylation sites is 2. The van der Waals surface area contributed by atoms with Crippen molar-refractivity contribution in [1.29, 1.82) is 0 Å². The van der Waals surface area contributed by atoms with Crippen LogP contribution in [0.3, 0.4) is 0 Å². The Morgan fingerprint density at radius 3 is 2.03 bits per heavy atom. The molecule has 0 aliphatic carbocycles. The molecule has 2 aliphatic heterocycles. The molecule has 6 heteroatoms. The number of hydrogen-bond donors (Lipinski definition) is 0. The first-order chi connectivity index (χ1) is 16.1. The summed E-state index contributed by atoms with van der Waals surface area (Å²) in [6, 6.07) is 29.3. The summed E-state index contributed by atoms with van der Waals surface area (Å²) in [5.74, 6) is -0.00471. The third-order valence-electron chi connectivity index (χ3n) is 6.29. The molecule has 0 N–H and O–H groups in total. The minimum absolute atomic E-state index is 0.00471. The van der Waals surface area contributed by atoms with Gasteiger partial charge >= 0.3 is 6.09 Å². The summed E-state index contributed by atoms with van der Waals surface area (Å²) in [5, 5.41) is 0. The third-order valence-corrected chi connectivity index (χ3v) is 6.29. The lowest BCUT2D eigenvalue weighted by Gasteiger charge is -2.26. The predicted octanol–water partition coefficient (Wildman–Crippen LogP) is 4.45. The Hall–Kier alpha value is -3.64. The van der Waals surface area contributed by atoms with Crippen molar-refractivity contribution >= 4 is 23.4 Å². The predicted molar refractivity (Wildman–Crippen MR) is 127 cm³/mol. The highest BCUT2D eigenvalue weighted by atomic mass is 16.6. The van der Waals surface area contributed by atoms with E-state index in [1.165, 1.54) is 0 Å². The van der Waals surface area contributed by atoms with Crippen LogP contribution in [0.2, 0.25) is 0 Å². The fraction of sp³-hybridized carbons (Fsp3) is 0.259. The van der Waals surface area contributed by atoms with E-state index in [1.54, 1.807) is 9.80 Å². The first-order valence-corrected chi connectivity index (χ1v) is 11.3. The van der Waals surface area contributed by atoms with Gasteiger partial charge in [0.05, 0.1) is 13.1 Å². The molecular formula is C27H27N3O3. The van der Waals surface area contributed by atoms with Gasteiger partial charge in [0.15, 0.2) is 0 Å². The van der Waals surface area contributed by atoms with Crippen molar-refractivity contribution < 1.29 is 14.3 Å². The van der Waals surface area contributed by atoms with Gasteiger partial charge < -0.3 is 4.74 Å². The van der Waals surface area contributed by atoms with Gasteiger partial charge in [0.2, 0.25) is 5.91 Å². The van der Waals surface area contributed by atoms with E-state index in [4.69, 9.17) is 4.74 Å². The van der Waals surface area contributed by atoms with Crippen molar-refractivity contribution in [2.75, 3.05) is 31.1 Å². The van der Waals surface area contributed by atoms with Crippen molar-refractivity contribution in [3.05, 3.63) is 96.6 Å². The topological polar surface area (TPSA) is 53.1 Å². The second-order valence-electron chi connectivity index (χ2n) is 8.75. The molecule has 33 heavy (non-hydrogen) atoms. The summed E-state index contributed by atoms with van der Waals surface area (Å²) in [6.07, 6.45) is 0.454. The zero-order chi connectivity index (χ0) is 22.7. The average molecular weight is 442 g/mol. The Kier molecular flexibility index (Phi) is 5.84. The van der Waals surface area contributed by atoms with Crippen LogP contribution in [0.1, 0.15) is 12.0 Å². The van der Waals surface area contributed by atoms with E-state index in [2.05, 4.69) is 4.90 Å². The monoisotopic (exact) mass is 441 g/mol. The summed E-state index contributed by atoms with van der Waals surface area (Å²) in [4.78, 5) is 31.6. The summed E-state index contributed by atoms with van der Waals surface area (Å²) in [7, 11) is 0. The number of likely N-dealkylation sites (tertiary alicyclic amines) is 1. The highest BCUT2D eigenvalue weighted by molar-refractivity contribution is 6.01. The molecule has 2 amide bonds. The van der Waals surface area contributed by atoms with E-state index >= 15 is 0 Å². The molecule has 0 bridgehead atoms. The largest absolute Gasteiger partial charge is 0.439 e. The van der Waals surface area contributed by atoms with E-state index in [-0.39, 0.29) is 18.5 Å². The van der Waals surface area contributed by atoms with Crippen molar-refractivity contribution in [3.63, 3.8) is 0 Å². The van der Waals surface area contributed by atoms with Crippen LogP contribution in [0, 0.1) is 0 Å². The molecule has 3 aromatic rings. The minimum Gasteiger partial charge on any atom is -0.439 e. The van der Waals surface area contributed by atoms with E-state index < -0.39 is 5.60 Å². The highest BCUT2D eigenvalue weighted by Gasteiger charge is 2.49. The number of carbonyl (C=O) groups excluding carboxylic acids is 2. The van der Waals surface area contributed by atoms with Gasteiger partial charge in [-0.1, -0.05) is 66.7 Å². The SMILES string of the molecule is O=C1O[C@@]2(CCN(CC(=O)N(c3ccccc3)c3ccccc3)C2)CN1Cc1ccccc1. The fourth-order valence-electron chi connectivity index (χ4n) is 4.75. The van der Waals surface area contributed by atoms with E-state index in [9.17, 15) is 9.59 Å². The molecule has 168 valence electrons. The quantitative estimate of drug-likeness (QED) is 0.567. The Balaban J connectivity index is 1.27. The molecule has 0 saturated carbocycles. The van der Waals surface area contributed by atoms with Gasteiger partial charge in [0.25, 0.3) is 0 Å². The lowest BCUT2D eigenvalue weighted by Crippen LogP contribution is -2.41. The van der Waals surface area contributed by atoms with Crippen LogP contribution in [-0.4, -0.2) is 53.6 Å². The first kappa shape index (κ1) is 21.2. The molecule has 0 aromatic heterocycles. The third kappa shape index (κ3) is 4.61. The van der Waals surface area contributed by atoms with E-state index in [1.807, 2.05) is 91.0 Å². The van der Waals surface area contributed by atoms with Crippen LogP contribution >= 0.6 is 0 Å². The normalized spacial score (nSPS) is 20.2. The molecule has 2 heterocycles. The summed E-state index contributed by atoms with van der Waals surface area (Å²) in [6.45, 7) is 2.63. The molecular weight excluding hydrogens is 414 g/mol. The second-order valence-corrected chi connectivity index (χ2v) is 8.75. The maximum absolute atomic E-state index is 13.4. The van der Waals surface area contributed by atoms with Gasteiger partial charge in [-0.3, -0.25) is 19.5 Å². The number of anilines is 2. The highest BCUT2D eigenvalue weighted by Crippen LogP contribution is 2.34. The number of benzene rings is 3. The first-order valence-electron chi connectivity index (χ1n) is 11.3. The number of carbonyl (C=O) groups is 2. The lowest BCUT2D eigenvalue weighted by molar-refractivity contribution is -0.118. The van der Waals surface area contributed by atoms with Crippen LogP contribution in [0.4, 0.5) is 16.2 Å². The standard InChI is InChI=1S/C27H27N3O3/c31-25(30(23-12-6-2-7-13-23)24-14-8-3-9-15-24)19-28-17-16-27(20-28)21-29(26(32)33-27)18-22-10-4-1-5-11-22/h1-15H,16-21H2/t27-/m1/s1. The number of ether oxygens (including phenoxy) is 1. The maximum atomic E-state index is 13.4. The number of nitrogens with zero attached hydrogens (tertiary/aromatic N) is 3. The summed E-state index contributed by atoms with van der Waals surface area (Å²) < 4.78 is 5.86. The van der Waals surface area contributed by atoms with E-state index in [0.717, 1.165) is 29.9 Å². The number of hydrogen-bond acceptors (Lipinski definition) is 4. The Morgan fingerprint density at radius 2 is 1.42 bits per heavy atom. The Labute approximate surface area is 194 Å². The maximum Gasteiger partial charge on any atom is 0.410 e. The molecule has 2 saturated heterocycles. The molecule has 0 radical (unpaired) electrons. The zero-order valence-corrected chi connectivity index (χ0v) is 18.5. The summed E-state index contributed by atoms with van der Waals surface area (Å²) in [5.41, 5.74) is 2.21. The molecule has 2 fully saturated rings. The lowest BCUT2D eigenvalue weighted by atomic mass is 10.0. The van der Waals surface area contributed by atoms with Gasteiger partial charge in [-0.25, -0.2) is 4.79 Å². The molecule has 0 unspecified atom stereocenters.